The number of rotatable bonds is 1. The van der Waals surface area contributed by atoms with Gasteiger partial charge in [0.05, 0.1) is 0 Å². The fraction of sp³-hybridized carbons (Fsp3) is 0.364. The highest BCUT2D eigenvalue weighted by Crippen LogP contribution is 2.17. The molecule has 1 aromatic rings. The van der Waals surface area contributed by atoms with Crippen molar-refractivity contribution in [1.82, 2.24) is 4.90 Å². The summed E-state index contributed by atoms with van der Waals surface area (Å²) in [6, 6.07) is 8.71. The number of hydrogen-bond acceptors (Lipinski definition) is 2. The van der Waals surface area contributed by atoms with Gasteiger partial charge in [0.1, 0.15) is 0 Å². The normalized spacial score (nSPS) is 18.6. The topological polar surface area (TPSA) is 6.48 Å². The van der Waals surface area contributed by atoms with Crippen LogP contribution in [0.5, 0.6) is 0 Å². The molecule has 1 aromatic carbocycles. The Balaban J connectivity index is 2.05. The standard InChI is InChI=1S/C11H14IN2/c1-13-6-8-14(9-7-13)11-4-2-10(12)3-5-11/h2-5H,1,6-9H2. The van der Waals surface area contributed by atoms with Crippen molar-refractivity contribution in [1.29, 1.82) is 0 Å². The molecule has 0 spiro atoms. The van der Waals surface area contributed by atoms with Gasteiger partial charge in [-0.05, 0) is 46.9 Å². The molecule has 14 heavy (non-hydrogen) atoms. The highest BCUT2D eigenvalue weighted by atomic mass is 127. The lowest BCUT2D eigenvalue weighted by molar-refractivity contribution is 0.344. The van der Waals surface area contributed by atoms with E-state index in [2.05, 4.69) is 63.7 Å². The molecule has 0 N–H and O–H groups in total. The van der Waals surface area contributed by atoms with E-state index in [1.54, 1.807) is 0 Å². The zero-order valence-electron chi connectivity index (χ0n) is 8.12. The maximum absolute atomic E-state index is 3.95. The van der Waals surface area contributed by atoms with E-state index in [-0.39, 0.29) is 0 Å². The Morgan fingerprint density at radius 3 is 2.14 bits per heavy atom. The van der Waals surface area contributed by atoms with Crippen LogP contribution in [0, 0.1) is 10.6 Å². The van der Waals surface area contributed by atoms with Crippen molar-refractivity contribution in [3.63, 3.8) is 0 Å². The van der Waals surface area contributed by atoms with Gasteiger partial charge >= 0.3 is 0 Å². The highest BCUT2D eigenvalue weighted by Gasteiger charge is 2.13. The summed E-state index contributed by atoms with van der Waals surface area (Å²) in [5.74, 6) is 0. The van der Waals surface area contributed by atoms with E-state index in [9.17, 15) is 0 Å². The molecule has 2 rings (SSSR count). The summed E-state index contributed by atoms with van der Waals surface area (Å²) in [6.07, 6.45) is 0. The number of benzene rings is 1. The predicted octanol–water partition coefficient (Wildman–Crippen LogP) is 2.20. The van der Waals surface area contributed by atoms with Gasteiger partial charge in [-0.15, -0.1) is 0 Å². The molecule has 0 aromatic heterocycles. The summed E-state index contributed by atoms with van der Waals surface area (Å²) in [5.41, 5.74) is 1.33. The first kappa shape index (κ1) is 10.2. The molecule has 75 valence electrons. The molecule has 0 amide bonds. The Bertz CT molecular complexity index is 289. The third kappa shape index (κ3) is 2.39. The van der Waals surface area contributed by atoms with Crippen LogP contribution in [0.2, 0.25) is 0 Å². The van der Waals surface area contributed by atoms with E-state index in [1.165, 1.54) is 9.26 Å². The SMILES string of the molecule is [CH2]N1CCN(c2ccc(I)cc2)CC1. The second-order valence-corrected chi connectivity index (χ2v) is 4.83. The molecule has 1 aliphatic heterocycles. The monoisotopic (exact) mass is 301 g/mol. The summed E-state index contributed by atoms with van der Waals surface area (Å²) < 4.78 is 1.29. The van der Waals surface area contributed by atoms with Gasteiger partial charge in [0.15, 0.2) is 0 Å². The van der Waals surface area contributed by atoms with Crippen LogP contribution in [-0.2, 0) is 0 Å². The van der Waals surface area contributed by atoms with Crippen molar-refractivity contribution in [2.75, 3.05) is 31.1 Å². The molecule has 2 nitrogen and oxygen atoms in total. The molecule has 1 heterocycles. The van der Waals surface area contributed by atoms with E-state index >= 15 is 0 Å². The third-order valence-corrected chi connectivity index (χ3v) is 3.28. The molecule has 0 bridgehead atoms. The van der Waals surface area contributed by atoms with Crippen LogP contribution in [-0.4, -0.2) is 31.1 Å². The lowest BCUT2D eigenvalue weighted by Crippen LogP contribution is -2.43. The van der Waals surface area contributed by atoms with Gasteiger partial charge < -0.3 is 4.90 Å². The Kier molecular flexibility index (Phi) is 3.28. The van der Waals surface area contributed by atoms with Gasteiger partial charge in [-0.3, -0.25) is 4.90 Å². The van der Waals surface area contributed by atoms with E-state index in [1.807, 2.05) is 0 Å². The lowest BCUT2D eigenvalue weighted by atomic mass is 10.2. The molecule has 1 radical (unpaired) electrons. The average molecular weight is 301 g/mol. The van der Waals surface area contributed by atoms with Crippen molar-refractivity contribution in [3.05, 3.63) is 34.9 Å². The zero-order valence-corrected chi connectivity index (χ0v) is 10.3. The second kappa shape index (κ2) is 4.49. The fourth-order valence-electron chi connectivity index (χ4n) is 1.66. The van der Waals surface area contributed by atoms with E-state index in [0.29, 0.717) is 0 Å². The van der Waals surface area contributed by atoms with Gasteiger partial charge in [-0.1, -0.05) is 0 Å². The van der Waals surface area contributed by atoms with Crippen LogP contribution >= 0.6 is 22.6 Å². The largest absolute Gasteiger partial charge is 0.369 e. The van der Waals surface area contributed by atoms with Crippen LogP contribution in [0.4, 0.5) is 5.69 Å². The van der Waals surface area contributed by atoms with Crippen LogP contribution < -0.4 is 4.90 Å². The fourth-order valence-corrected chi connectivity index (χ4v) is 2.02. The van der Waals surface area contributed by atoms with Crippen LogP contribution in [0.3, 0.4) is 0 Å². The van der Waals surface area contributed by atoms with Crippen molar-refractivity contribution in [2.24, 2.45) is 0 Å². The molecule has 1 aliphatic rings. The first-order valence-electron chi connectivity index (χ1n) is 4.82. The summed E-state index contributed by atoms with van der Waals surface area (Å²) in [4.78, 5) is 4.54. The molecular formula is C11H14IN2. The van der Waals surface area contributed by atoms with Gasteiger partial charge in [0, 0.05) is 42.5 Å². The predicted molar refractivity (Wildman–Crippen MR) is 68.3 cm³/mol. The van der Waals surface area contributed by atoms with Crippen molar-refractivity contribution in [2.45, 2.75) is 0 Å². The molecule has 1 fully saturated rings. The molecular weight excluding hydrogens is 287 g/mol. The van der Waals surface area contributed by atoms with E-state index < -0.39 is 0 Å². The average Bonchev–Trinajstić information content (AvgIpc) is 2.21. The number of anilines is 1. The van der Waals surface area contributed by atoms with E-state index in [0.717, 1.165) is 26.2 Å². The van der Waals surface area contributed by atoms with E-state index in [4.69, 9.17) is 0 Å². The zero-order chi connectivity index (χ0) is 9.97. The highest BCUT2D eigenvalue weighted by molar-refractivity contribution is 14.1. The first-order valence-corrected chi connectivity index (χ1v) is 5.89. The molecule has 3 heteroatoms. The summed E-state index contributed by atoms with van der Waals surface area (Å²) in [6.45, 7) is 4.30. The van der Waals surface area contributed by atoms with Gasteiger partial charge in [-0.2, -0.15) is 0 Å². The Morgan fingerprint density at radius 2 is 1.57 bits per heavy atom. The van der Waals surface area contributed by atoms with Crippen LogP contribution in [0.1, 0.15) is 0 Å². The Hall–Kier alpha value is -0.290. The maximum Gasteiger partial charge on any atom is 0.0367 e. The van der Waals surface area contributed by atoms with Crippen molar-refractivity contribution >= 4 is 28.3 Å². The van der Waals surface area contributed by atoms with Gasteiger partial charge in [0.25, 0.3) is 0 Å². The summed E-state index contributed by atoms with van der Waals surface area (Å²) >= 11 is 2.33. The van der Waals surface area contributed by atoms with Crippen LogP contribution in [0.25, 0.3) is 0 Å². The molecule has 0 aliphatic carbocycles. The molecule has 0 atom stereocenters. The third-order valence-electron chi connectivity index (χ3n) is 2.56. The Morgan fingerprint density at radius 1 is 1.00 bits per heavy atom. The number of piperazine rings is 1. The van der Waals surface area contributed by atoms with Gasteiger partial charge in [0.2, 0.25) is 0 Å². The lowest BCUT2D eigenvalue weighted by Gasteiger charge is -2.33. The number of halogens is 1. The van der Waals surface area contributed by atoms with Crippen molar-refractivity contribution in [3.8, 4) is 0 Å². The summed E-state index contributed by atoms with van der Waals surface area (Å²) in [7, 11) is 3.95. The minimum atomic E-state index is 1.06. The smallest absolute Gasteiger partial charge is 0.0367 e. The molecule has 1 saturated heterocycles. The number of hydrogen-bond donors (Lipinski definition) is 0. The van der Waals surface area contributed by atoms with Gasteiger partial charge in [-0.25, -0.2) is 0 Å². The quantitative estimate of drug-likeness (QED) is 0.734. The minimum Gasteiger partial charge on any atom is -0.369 e. The molecule has 0 saturated carbocycles. The maximum atomic E-state index is 3.95. The second-order valence-electron chi connectivity index (χ2n) is 3.58. The minimum absolute atomic E-state index is 1.06. The summed E-state index contributed by atoms with van der Waals surface area (Å²) in [5, 5.41) is 0. The number of nitrogens with zero attached hydrogens (tertiary/aromatic N) is 2. The Labute approximate surface area is 99.0 Å². The van der Waals surface area contributed by atoms with Crippen LogP contribution in [0.15, 0.2) is 24.3 Å². The first-order chi connectivity index (χ1) is 6.75. The molecule has 0 unspecified atom stereocenters. The van der Waals surface area contributed by atoms with Crippen molar-refractivity contribution < 1.29 is 0 Å².